The van der Waals surface area contributed by atoms with E-state index in [1.54, 1.807) is 12.4 Å². The topological polar surface area (TPSA) is 63.6 Å². The molecule has 1 amide bonds. The number of nitrogens with zero attached hydrogens (tertiary/aromatic N) is 2. The Labute approximate surface area is 122 Å². The second-order valence-electron chi connectivity index (χ2n) is 4.95. The van der Waals surface area contributed by atoms with Crippen molar-refractivity contribution in [1.29, 1.82) is 0 Å². The molecule has 2 heterocycles. The SMILES string of the molecule is CC1CC(=O)NN=C1c1ccc(Oc2cccnc2)cc1. The predicted molar refractivity (Wildman–Crippen MR) is 79.2 cm³/mol. The number of amides is 1. The Kier molecular flexibility index (Phi) is 3.64. The number of hydrogen-bond donors (Lipinski definition) is 1. The minimum absolute atomic E-state index is 0.0391. The molecule has 5 nitrogen and oxygen atoms in total. The van der Waals surface area contributed by atoms with Gasteiger partial charge in [0.2, 0.25) is 5.91 Å². The Morgan fingerprint density at radius 2 is 2.00 bits per heavy atom. The number of hydrogen-bond acceptors (Lipinski definition) is 4. The molecule has 0 radical (unpaired) electrons. The van der Waals surface area contributed by atoms with Gasteiger partial charge < -0.3 is 4.74 Å². The first-order valence-electron chi connectivity index (χ1n) is 6.77. The lowest BCUT2D eigenvalue weighted by atomic mass is 9.94. The molecule has 0 spiro atoms. The fourth-order valence-corrected chi connectivity index (χ4v) is 2.24. The molecule has 1 aromatic heterocycles. The Morgan fingerprint density at radius 3 is 2.67 bits per heavy atom. The minimum Gasteiger partial charge on any atom is -0.456 e. The summed E-state index contributed by atoms with van der Waals surface area (Å²) >= 11 is 0. The molecule has 0 saturated carbocycles. The van der Waals surface area contributed by atoms with Gasteiger partial charge >= 0.3 is 0 Å². The maximum Gasteiger partial charge on any atom is 0.240 e. The number of carbonyl (C=O) groups excluding carboxylic acids is 1. The van der Waals surface area contributed by atoms with Crippen LogP contribution >= 0.6 is 0 Å². The highest BCUT2D eigenvalue weighted by Crippen LogP contribution is 2.23. The van der Waals surface area contributed by atoms with Crippen molar-refractivity contribution in [2.75, 3.05) is 0 Å². The Balaban J connectivity index is 1.77. The zero-order chi connectivity index (χ0) is 14.7. The molecule has 1 aromatic carbocycles. The van der Waals surface area contributed by atoms with Crippen LogP contribution in [0.3, 0.4) is 0 Å². The van der Waals surface area contributed by atoms with Gasteiger partial charge in [-0.15, -0.1) is 0 Å². The second-order valence-corrected chi connectivity index (χ2v) is 4.95. The van der Waals surface area contributed by atoms with Gasteiger partial charge in [-0.05, 0) is 42.0 Å². The zero-order valence-electron chi connectivity index (χ0n) is 11.6. The first-order valence-corrected chi connectivity index (χ1v) is 6.77. The average Bonchev–Trinajstić information content (AvgIpc) is 2.49. The maximum absolute atomic E-state index is 11.3. The largest absolute Gasteiger partial charge is 0.456 e. The van der Waals surface area contributed by atoms with E-state index in [4.69, 9.17) is 4.74 Å². The van der Waals surface area contributed by atoms with Crippen molar-refractivity contribution >= 4 is 11.6 Å². The second kappa shape index (κ2) is 5.75. The number of pyridine rings is 1. The summed E-state index contributed by atoms with van der Waals surface area (Å²) in [7, 11) is 0. The summed E-state index contributed by atoms with van der Waals surface area (Å²) < 4.78 is 5.69. The van der Waals surface area contributed by atoms with Gasteiger partial charge in [-0.3, -0.25) is 9.78 Å². The number of hydrazone groups is 1. The van der Waals surface area contributed by atoms with Gasteiger partial charge in [0.1, 0.15) is 11.5 Å². The normalized spacial score (nSPS) is 17.9. The van der Waals surface area contributed by atoms with Crippen molar-refractivity contribution in [2.24, 2.45) is 11.0 Å². The van der Waals surface area contributed by atoms with Gasteiger partial charge in [0.25, 0.3) is 0 Å². The van der Waals surface area contributed by atoms with E-state index < -0.39 is 0 Å². The van der Waals surface area contributed by atoms with Gasteiger partial charge in [0.15, 0.2) is 0 Å². The molecule has 2 aromatic rings. The molecule has 1 aliphatic heterocycles. The molecule has 1 atom stereocenters. The Hall–Kier alpha value is -2.69. The number of nitrogens with one attached hydrogen (secondary N) is 1. The lowest BCUT2D eigenvalue weighted by molar-refractivity contribution is -0.121. The summed E-state index contributed by atoms with van der Waals surface area (Å²) in [5.74, 6) is 1.51. The highest BCUT2D eigenvalue weighted by Gasteiger charge is 2.21. The molecule has 3 rings (SSSR count). The van der Waals surface area contributed by atoms with Crippen molar-refractivity contribution in [3.63, 3.8) is 0 Å². The van der Waals surface area contributed by atoms with E-state index in [1.165, 1.54) is 0 Å². The monoisotopic (exact) mass is 281 g/mol. The third-order valence-corrected chi connectivity index (χ3v) is 3.28. The third-order valence-electron chi connectivity index (χ3n) is 3.28. The number of carbonyl (C=O) groups is 1. The third kappa shape index (κ3) is 3.08. The molecule has 0 fully saturated rings. The Bertz CT molecular complexity index is 666. The van der Waals surface area contributed by atoms with E-state index in [2.05, 4.69) is 15.5 Å². The lowest BCUT2D eigenvalue weighted by Crippen LogP contribution is -2.31. The van der Waals surface area contributed by atoms with Gasteiger partial charge in [-0.2, -0.15) is 5.10 Å². The van der Waals surface area contributed by atoms with Crippen molar-refractivity contribution in [3.8, 4) is 11.5 Å². The van der Waals surface area contributed by atoms with Crippen LogP contribution in [0.5, 0.6) is 11.5 Å². The van der Waals surface area contributed by atoms with E-state index >= 15 is 0 Å². The van der Waals surface area contributed by atoms with Crippen LogP contribution in [-0.4, -0.2) is 16.6 Å². The van der Waals surface area contributed by atoms with Crippen LogP contribution in [0.4, 0.5) is 0 Å². The molecule has 106 valence electrons. The van der Waals surface area contributed by atoms with Crippen molar-refractivity contribution < 1.29 is 9.53 Å². The first kappa shape index (κ1) is 13.3. The number of aromatic nitrogens is 1. The summed E-state index contributed by atoms with van der Waals surface area (Å²) in [4.78, 5) is 15.3. The van der Waals surface area contributed by atoms with Crippen LogP contribution in [0.2, 0.25) is 0 Å². The van der Waals surface area contributed by atoms with Gasteiger partial charge in [0.05, 0.1) is 11.9 Å². The van der Waals surface area contributed by atoms with Crippen LogP contribution in [0.25, 0.3) is 0 Å². The molecule has 21 heavy (non-hydrogen) atoms. The molecular formula is C16H15N3O2. The smallest absolute Gasteiger partial charge is 0.240 e. The predicted octanol–water partition coefficient (Wildman–Crippen LogP) is 2.73. The van der Waals surface area contributed by atoms with Gasteiger partial charge in [0, 0.05) is 18.5 Å². The van der Waals surface area contributed by atoms with E-state index in [9.17, 15) is 4.79 Å². The molecule has 0 aliphatic carbocycles. The van der Waals surface area contributed by atoms with Crippen LogP contribution in [-0.2, 0) is 4.79 Å². The molecule has 1 N–H and O–H groups in total. The van der Waals surface area contributed by atoms with Gasteiger partial charge in [-0.1, -0.05) is 6.92 Å². The van der Waals surface area contributed by atoms with Crippen molar-refractivity contribution in [3.05, 3.63) is 54.4 Å². The fourth-order valence-electron chi connectivity index (χ4n) is 2.24. The summed E-state index contributed by atoms with van der Waals surface area (Å²) in [6, 6.07) is 11.3. The molecule has 0 bridgehead atoms. The summed E-state index contributed by atoms with van der Waals surface area (Å²) in [5.41, 5.74) is 4.40. The molecule has 0 saturated heterocycles. The van der Waals surface area contributed by atoms with Gasteiger partial charge in [-0.25, -0.2) is 5.43 Å². The Morgan fingerprint density at radius 1 is 1.19 bits per heavy atom. The number of benzene rings is 1. The summed E-state index contributed by atoms with van der Waals surface area (Å²) in [6.07, 6.45) is 3.83. The highest BCUT2D eigenvalue weighted by molar-refractivity contribution is 6.05. The number of rotatable bonds is 3. The number of ether oxygens (including phenoxy) is 1. The highest BCUT2D eigenvalue weighted by atomic mass is 16.5. The zero-order valence-corrected chi connectivity index (χ0v) is 11.6. The van der Waals surface area contributed by atoms with Crippen molar-refractivity contribution in [2.45, 2.75) is 13.3 Å². The molecular weight excluding hydrogens is 266 g/mol. The van der Waals surface area contributed by atoms with E-state index in [-0.39, 0.29) is 11.8 Å². The maximum atomic E-state index is 11.3. The lowest BCUT2D eigenvalue weighted by Gasteiger charge is -2.19. The first-order chi connectivity index (χ1) is 10.2. The van der Waals surface area contributed by atoms with E-state index in [1.807, 2.05) is 43.3 Å². The molecule has 1 aliphatic rings. The summed E-state index contributed by atoms with van der Waals surface area (Å²) in [5, 5.41) is 4.14. The standard InChI is InChI=1S/C16H15N3O2/c1-11-9-15(20)18-19-16(11)12-4-6-13(7-5-12)21-14-3-2-8-17-10-14/h2-8,10-11H,9H2,1H3,(H,18,20). The molecule has 1 unspecified atom stereocenters. The fraction of sp³-hybridized carbons (Fsp3) is 0.188. The average molecular weight is 281 g/mol. The minimum atomic E-state index is -0.0391. The van der Waals surface area contributed by atoms with Crippen LogP contribution in [0, 0.1) is 5.92 Å². The quantitative estimate of drug-likeness (QED) is 0.940. The van der Waals surface area contributed by atoms with Crippen LogP contribution in [0.1, 0.15) is 18.9 Å². The van der Waals surface area contributed by atoms with E-state index in [0.29, 0.717) is 12.2 Å². The van der Waals surface area contributed by atoms with Crippen molar-refractivity contribution in [1.82, 2.24) is 10.4 Å². The van der Waals surface area contributed by atoms with Crippen LogP contribution in [0.15, 0.2) is 53.9 Å². The summed E-state index contributed by atoms with van der Waals surface area (Å²) in [6.45, 7) is 2.00. The van der Waals surface area contributed by atoms with E-state index in [0.717, 1.165) is 17.0 Å². The molecule has 5 heteroatoms. The van der Waals surface area contributed by atoms with Crippen LogP contribution < -0.4 is 10.2 Å².